The van der Waals surface area contributed by atoms with Gasteiger partial charge in [0.25, 0.3) is 5.91 Å². The molecular weight excluding hydrogens is 436 g/mol. The van der Waals surface area contributed by atoms with Crippen molar-refractivity contribution < 1.29 is 13.2 Å². The van der Waals surface area contributed by atoms with Gasteiger partial charge in [-0.1, -0.05) is 30.3 Å². The van der Waals surface area contributed by atoms with E-state index in [4.69, 9.17) is 0 Å². The maximum Gasteiger partial charge on any atom is 0.257 e. The van der Waals surface area contributed by atoms with Crippen LogP contribution in [0.5, 0.6) is 0 Å². The lowest BCUT2D eigenvalue weighted by molar-refractivity contribution is 0.0698. The molecule has 0 bridgehead atoms. The maximum absolute atomic E-state index is 13.3. The second-order valence-corrected chi connectivity index (χ2v) is 10.6. The molecule has 8 heteroatoms. The lowest BCUT2D eigenvalue weighted by atomic mass is 10.1. The first-order valence-corrected chi connectivity index (χ1v) is 13.0. The van der Waals surface area contributed by atoms with Gasteiger partial charge < -0.3 is 9.80 Å². The van der Waals surface area contributed by atoms with Crippen molar-refractivity contribution in [2.24, 2.45) is 0 Å². The SMILES string of the molecule is O=C(c1cccnc1N1CCCCC1)N1CCN(S(=O)(=O)c2ccc3ccccc3c2)CC1. The van der Waals surface area contributed by atoms with Crippen LogP contribution in [0.25, 0.3) is 10.8 Å². The van der Waals surface area contributed by atoms with Crippen molar-refractivity contribution in [2.45, 2.75) is 24.2 Å². The molecule has 2 aromatic carbocycles. The summed E-state index contributed by atoms with van der Waals surface area (Å²) >= 11 is 0. The minimum absolute atomic E-state index is 0.0774. The number of pyridine rings is 1. The summed E-state index contributed by atoms with van der Waals surface area (Å²) in [5.41, 5.74) is 0.602. The number of nitrogens with zero attached hydrogens (tertiary/aromatic N) is 4. The first-order chi connectivity index (χ1) is 16.0. The van der Waals surface area contributed by atoms with Gasteiger partial charge in [0.1, 0.15) is 5.82 Å². The highest BCUT2D eigenvalue weighted by atomic mass is 32.2. The summed E-state index contributed by atoms with van der Waals surface area (Å²) in [6.45, 7) is 3.10. The summed E-state index contributed by atoms with van der Waals surface area (Å²) in [7, 11) is -3.62. The van der Waals surface area contributed by atoms with Gasteiger partial charge in [-0.3, -0.25) is 4.79 Å². The molecule has 2 aliphatic heterocycles. The number of hydrogen-bond donors (Lipinski definition) is 0. The molecule has 1 amide bonds. The molecule has 2 fully saturated rings. The normalized spacial score (nSPS) is 17.9. The van der Waals surface area contributed by atoms with E-state index in [1.54, 1.807) is 29.3 Å². The summed E-state index contributed by atoms with van der Waals surface area (Å²) in [6.07, 6.45) is 5.15. The predicted molar refractivity (Wildman–Crippen MR) is 129 cm³/mol. The fourth-order valence-electron chi connectivity index (χ4n) is 4.70. The molecule has 0 atom stereocenters. The van der Waals surface area contributed by atoms with Crippen molar-refractivity contribution in [1.29, 1.82) is 0 Å². The van der Waals surface area contributed by atoms with Gasteiger partial charge >= 0.3 is 0 Å². The monoisotopic (exact) mass is 464 g/mol. The Balaban J connectivity index is 1.30. The van der Waals surface area contributed by atoms with Gasteiger partial charge in [0.05, 0.1) is 10.5 Å². The van der Waals surface area contributed by atoms with E-state index in [1.165, 1.54) is 10.7 Å². The Morgan fingerprint density at radius 3 is 2.27 bits per heavy atom. The van der Waals surface area contributed by atoms with E-state index in [0.717, 1.165) is 42.5 Å². The van der Waals surface area contributed by atoms with Crippen LogP contribution in [0.1, 0.15) is 29.6 Å². The van der Waals surface area contributed by atoms with Crippen LogP contribution < -0.4 is 4.90 Å². The number of fused-ring (bicyclic) bond motifs is 1. The number of amides is 1. The lowest BCUT2D eigenvalue weighted by Crippen LogP contribution is -2.50. The number of hydrogen-bond acceptors (Lipinski definition) is 5. The van der Waals surface area contributed by atoms with Gasteiger partial charge in [0.2, 0.25) is 10.0 Å². The van der Waals surface area contributed by atoms with E-state index in [0.29, 0.717) is 23.5 Å². The number of sulfonamides is 1. The zero-order valence-electron chi connectivity index (χ0n) is 18.6. The topological polar surface area (TPSA) is 73.8 Å². The van der Waals surface area contributed by atoms with Crippen LogP contribution in [-0.4, -0.2) is 67.8 Å². The molecule has 0 radical (unpaired) electrons. The fraction of sp³-hybridized carbons (Fsp3) is 0.360. The van der Waals surface area contributed by atoms with Crippen LogP contribution >= 0.6 is 0 Å². The van der Waals surface area contributed by atoms with Gasteiger partial charge in [-0.05, 0) is 54.3 Å². The third-order valence-electron chi connectivity index (χ3n) is 6.56. The second-order valence-electron chi connectivity index (χ2n) is 8.63. The van der Waals surface area contributed by atoms with Crippen molar-refractivity contribution in [3.05, 3.63) is 66.4 Å². The first kappa shape index (κ1) is 21.9. The standard InChI is InChI=1S/C25H28N4O3S/c30-25(23-9-6-12-26-24(23)27-13-4-1-5-14-27)28-15-17-29(18-16-28)33(31,32)22-11-10-20-7-2-3-8-21(20)19-22/h2-3,6-12,19H,1,4-5,13-18H2. The van der Waals surface area contributed by atoms with E-state index in [1.807, 2.05) is 36.4 Å². The zero-order valence-corrected chi connectivity index (χ0v) is 19.4. The van der Waals surface area contributed by atoms with Gasteiger partial charge in [0.15, 0.2) is 0 Å². The Bertz CT molecular complexity index is 1260. The Hall–Kier alpha value is -2.97. The maximum atomic E-state index is 13.3. The van der Waals surface area contributed by atoms with Crippen molar-refractivity contribution in [2.75, 3.05) is 44.2 Å². The van der Waals surface area contributed by atoms with Gasteiger partial charge in [-0.15, -0.1) is 0 Å². The van der Waals surface area contributed by atoms with E-state index in [9.17, 15) is 13.2 Å². The van der Waals surface area contributed by atoms with Gasteiger partial charge in [0, 0.05) is 45.5 Å². The summed E-state index contributed by atoms with van der Waals surface area (Å²) in [5, 5.41) is 1.90. The Kier molecular flexibility index (Phi) is 6.03. The number of anilines is 1. The van der Waals surface area contributed by atoms with Crippen molar-refractivity contribution in [1.82, 2.24) is 14.2 Å². The van der Waals surface area contributed by atoms with Gasteiger partial charge in [-0.2, -0.15) is 4.31 Å². The molecule has 0 unspecified atom stereocenters. The number of carbonyl (C=O) groups excluding carboxylic acids is 1. The van der Waals surface area contributed by atoms with Crippen LogP contribution in [0, 0.1) is 0 Å². The molecule has 3 heterocycles. The highest BCUT2D eigenvalue weighted by Gasteiger charge is 2.32. The molecule has 2 saturated heterocycles. The minimum atomic E-state index is -3.62. The summed E-state index contributed by atoms with van der Waals surface area (Å²) in [6, 6.07) is 16.6. The molecule has 0 spiro atoms. The van der Waals surface area contributed by atoms with Crippen molar-refractivity contribution in [3.63, 3.8) is 0 Å². The second kappa shape index (κ2) is 9.11. The summed E-state index contributed by atoms with van der Waals surface area (Å²) in [4.78, 5) is 22.1. The van der Waals surface area contributed by atoms with Crippen molar-refractivity contribution >= 4 is 32.5 Å². The molecule has 2 aliphatic rings. The largest absolute Gasteiger partial charge is 0.356 e. The number of carbonyl (C=O) groups is 1. The van der Waals surface area contributed by atoms with Crippen LogP contribution in [-0.2, 0) is 10.0 Å². The van der Waals surface area contributed by atoms with Gasteiger partial charge in [-0.25, -0.2) is 13.4 Å². The van der Waals surface area contributed by atoms with E-state index < -0.39 is 10.0 Å². The first-order valence-electron chi connectivity index (χ1n) is 11.5. The summed E-state index contributed by atoms with van der Waals surface area (Å²) in [5.74, 6) is 0.667. The molecule has 3 aromatic rings. The van der Waals surface area contributed by atoms with E-state index in [2.05, 4.69) is 9.88 Å². The van der Waals surface area contributed by atoms with Crippen LogP contribution in [0.4, 0.5) is 5.82 Å². The molecule has 1 aromatic heterocycles. The number of aromatic nitrogens is 1. The summed E-state index contributed by atoms with van der Waals surface area (Å²) < 4.78 is 28.0. The van der Waals surface area contributed by atoms with Crippen LogP contribution in [0.2, 0.25) is 0 Å². The third kappa shape index (κ3) is 4.32. The Morgan fingerprint density at radius 2 is 1.52 bits per heavy atom. The third-order valence-corrected chi connectivity index (χ3v) is 8.45. The number of benzene rings is 2. The predicted octanol–water partition coefficient (Wildman–Crippen LogP) is 3.37. The zero-order chi connectivity index (χ0) is 22.8. The quantitative estimate of drug-likeness (QED) is 0.592. The molecular formula is C25H28N4O3S. The molecule has 7 nitrogen and oxygen atoms in total. The number of piperazine rings is 1. The average molecular weight is 465 g/mol. The molecule has 5 rings (SSSR count). The minimum Gasteiger partial charge on any atom is -0.356 e. The van der Waals surface area contributed by atoms with E-state index in [-0.39, 0.29) is 19.0 Å². The molecule has 0 N–H and O–H groups in total. The fourth-order valence-corrected chi connectivity index (χ4v) is 6.16. The Morgan fingerprint density at radius 1 is 0.788 bits per heavy atom. The highest BCUT2D eigenvalue weighted by molar-refractivity contribution is 7.89. The van der Waals surface area contributed by atoms with E-state index >= 15 is 0 Å². The molecule has 172 valence electrons. The number of piperidine rings is 1. The smallest absolute Gasteiger partial charge is 0.257 e. The lowest BCUT2D eigenvalue weighted by Gasteiger charge is -2.35. The molecule has 33 heavy (non-hydrogen) atoms. The highest BCUT2D eigenvalue weighted by Crippen LogP contribution is 2.25. The Labute approximate surface area is 194 Å². The van der Waals surface area contributed by atoms with Crippen molar-refractivity contribution in [3.8, 4) is 0 Å². The van der Waals surface area contributed by atoms with Crippen LogP contribution in [0.3, 0.4) is 0 Å². The molecule has 0 saturated carbocycles. The number of rotatable bonds is 4. The van der Waals surface area contributed by atoms with Crippen LogP contribution in [0.15, 0.2) is 65.7 Å². The average Bonchev–Trinajstić information content (AvgIpc) is 2.88. The molecule has 0 aliphatic carbocycles.